The monoisotopic (exact) mass is 279 g/mol. The highest BCUT2D eigenvalue weighted by Gasteiger charge is 2.12. The number of rotatable bonds is 1. The molecule has 0 fully saturated rings. The number of aromatic carboxylic acids is 1. The van der Waals surface area contributed by atoms with Gasteiger partial charge in [0, 0.05) is 3.57 Å². The lowest BCUT2D eigenvalue weighted by atomic mass is 10.2. The number of hydrogen-bond donors (Lipinski definition) is 3. The quantitative estimate of drug-likeness (QED) is 0.411. The molecule has 0 radical (unpaired) electrons. The Bertz CT molecular complexity index is 338. The number of carbonyl (C=O) groups is 1. The maximum Gasteiger partial charge on any atom is 0.339 e. The Morgan fingerprint density at radius 3 is 2.58 bits per heavy atom. The smallest absolute Gasteiger partial charge is 0.339 e. The molecule has 1 aromatic rings. The molecule has 1 aromatic carbocycles. The van der Waals surface area contributed by atoms with Gasteiger partial charge in [-0.05, 0) is 34.7 Å². The minimum atomic E-state index is -1.18. The van der Waals surface area contributed by atoms with E-state index in [9.17, 15) is 9.90 Å². The van der Waals surface area contributed by atoms with Crippen molar-refractivity contribution in [3.63, 3.8) is 0 Å². The second-order valence-corrected chi connectivity index (χ2v) is 3.44. The number of phenols is 1. The standard InChI is InChI=1S/C7H6INO3/c8-3-1-4(7(11)12)6(10)5(9)2-3/h1-2,10H,9H2,(H,11,12). The molecule has 64 valence electrons. The third-order valence-corrected chi connectivity index (χ3v) is 1.96. The summed E-state index contributed by atoms with van der Waals surface area (Å²) < 4.78 is 0.681. The van der Waals surface area contributed by atoms with Gasteiger partial charge in [-0.25, -0.2) is 4.79 Å². The van der Waals surface area contributed by atoms with Crippen LogP contribution in [0.25, 0.3) is 0 Å². The largest absolute Gasteiger partial charge is 0.505 e. The van der Waals surface area contributed by atoms with E-state index in [-0.39, 0.29) is 17.0 Å². The van der Waals surface area contributed by atoms with Gasteiger partial charge < -0.3 is 15.9 Å². The first-order valence-corrected chi connectivity index (χ1v) is 4.11. The molecule has 0 aliphatic carbocycles. The molecule has 0 bridgehead atoms. The minimum absolute atomic E-state index is 0.0827. The van der Waals surface area contributed by atoms with Crippen LogP contribution in [-0.4, -0.2) is 16.2 Å². The van der Waals surface area contributed by atoms with Crippen molar-refractivity contribution >= 4 is 34.2 Å². The van der Waals surface area contributed by atoms with E-state index in [0.717, 1.165) is 0 Å². The predicted molar refractivity (Wildman–Crippen MR) is 52.2 cm³/mol. The molecule has 0 atom stereocenters. The lowest BCUT2D eigenvalue weighted by Crippen LogP contribution is -2.00. The maximum absolute atomic E-state index is 10.5. The fourth-order valence-electron chi connectivity index (χ4n) is 0.783. The van der Waals surface area contributed by atoms with Crippen molar-refractivity contribution in [1.82, 2.24) is 0 Å². The van der Waals surface area contributed by atoms with E-state index in [1.165, 1.54) is 12.1 Å². The van der Waals surface area contributed by atoms with Crippen molar-refractivity contribution in [2.24, 2.45) is 0 Å². The molecule has 12 heavy (non-hydrogen) atoms. The Labute approximate surface area is 82.1 Å². The van der Waals surface area contributed by atoms with Gasteiger partial charge in [0.2, 0.25) is 0 Å². The lowest BCUT2D eigenvalue weighted by Gasteiger charge is -2.03. The average Bonchev–Trinajstić information content (AvgIpc) is 1.96. The van der Waals surface area contributed by atoms with Crippen molar-refractivity contribution in [2.45, 2.75) is 0 Å². The second-order valence-electron chi connectivity index (χ2n) is 2.20. The first-order chi connectivity index (χ1) is 5.52. The maximum atomic E-state index is 10.5. The highest BCUT2D eigenvalue weighted by atomic mass is 127. The zero-order chi connectivity index (χ0) is 9.30. The molecule has 0 aliphatic heterocycles. The SMILES string of the molecule is Nc1cc(I)cc(C(=O)O)c1O. The topological polar surface area (TPSA) is 83.6 Å². The first-order valence-electron chi connectivity index (χ1n) is 3.03. The molecule has 0 unspecified atom stereocenters. The van der Waals surface area contributed by atoms with Gasteiger partial charge in [-0.1, -0.05) is 0 Å². The molecule has 0 aromatic heterocycles. The van der Waals surface area contributed by atoms with Crippen LogP contribution in [0, 0.1) is 3.57 Å². The van der Waals surface area contributed by atoms with Gasteiger partial charge in [0.05, 0.1) is 5.69 Å². The highest BCUT2D eigenvalue weighted by molar-refractivity contribution is 14.1. The van der Waals surface area contributed by atoms with Crippen LogP contribution in [0.3, 0.4) is 0 Å². The van der Waals surface area contributed by atoms with E-state index in [1.807, 2.05) is 22.6 Å². The number of carboxylic acids is 1. The number of halogens is 1. The Morgan fingerprint density at radius 2 is 2.08 bits per heavy atom. The molecule has 0 spiro atoms. The van der Waals surface area contributed by atoms with Crippen LogP contribution >= 0.6 is 22.6 Å². The van der Waals surface area contributed by atoms with Gasteiger partial charge in [0.25, 0.3) is 0 Å². The van der Waals surface area contributed by atoms with Gasteiger partial charge in [-0.15, -0.1) is 0 Å². The third kappa shape index (κ3) is 1.60. The zero-order valence-corrected chi connectivity index (χ0v) is 8.07. The fourth-order valence-corrected chi connectivity index (χ4v) is 1.43. The van der Waals surface area contributed by atoms with E-state index in [4.69, 9.17) is 10.8 Å². The molecule has 5 heteroatoms. The molecule has 0 saturated carbocycles. The number of anilines is 1. The molecule has 0 heterocycles. The molecule has 4 N–H and O–H groups in total. The van der Waals surface area contributed by atoms with Crippen LogP contribution in [0.1, 0.15) is 10.4 Å². The van der Waals surface area contributed by atoms with Crippen LogP contribution in [-0.2, 0) is 0 Å². The first kappa shape index (κ1) is 9.11. The normalized spacial score (nSPS) is 9.75. The Balaban J connectivity index is 3.37. The molecular formula is C7H6INO3. The molecule has 4 nitrogen and oxygen atoms in total. The number of aromatic hydroxyl groups is 1. The molecule has 0 aliphatic rings. The van der Waals surface area contributed by atoms with Crippen LogP contribution in [0.2, 0.25) is 0 Å². The van der Waals surface area contributed by atoms with Gasteiger partial charge in [0.15, 0.2) is 5.75 Å². The van der Waals surface area contributed by atoms with E-state index in [2.05, 4.69) is 0 Å². The van der Waals surface area contributed by atoms with Crippen LogP contribution < -0.4 is 5.73 Å². The van der Waals surface area contributed by atoms with Crippen molar-refractivity contribution in [1.29, 1.82) is 0 Å². The van der Waals surface area contributed by atoms with Gasteiger partial charge >= 0.3 is 5.97 Å². The fraction of sp³-hybridized carbons (Fsp3) is 0. The number of nitrogen functional groups attached to an aromatic ring is 1. The number of nitrogens with two attached hydrogens (primary N) is 1. The number of hydrogen-bond acceptors (Lipinski definition) is 3. The van der Waals surface area contributed by atoms with Crippen LogP contribution in [0.5, 0.6) is 5.75 Å². The minimum Gasteiger partial charge on any atom is -0.505 e. The second kappa shape index (κ2) is 3.18. The average molecular weight is 279 g/mol. The summed E-state index contributed by atoms with van der Waals surface area (Å²) in [5.41, 5.74) is 5.26. The summed E-state index contributed by atoms with van der Waals surface area (Å²) >= 11 is 1.93. The summed E-state index contributed by atoms with van der Waals surface area (Å²) in [6.07, 6.45) is 0. The van der Waals surface area contributed by atoms with E-state index >= 15 is 0 Å². The molecule has 1 rings (SSSR count). The molecule has 0 saturated heterocycles. The number of benzene rings is 1. The third-order valence-electron chi connectivity index (χ3n) is 1.33. The van der Waals surface area contributed by atoms with Crippen molar-refractivity contribution in [2.75, 3.05) is 5.73 Å². The van der Waals surface area contributed by atoms with Crippen LogP contribution in [0.15, 0.2) is 12.1 Å². The van der Waals surface area contributed by atoms with E-state index in [0.29, 0.717) is 3.57 Å². The van der Waals surface area contributed by atoms with Crippen molar-refractivity contribution < 1.29 is 15.0 Å². The summed E-state index contributed by atoms with van der Waals surface area (Å²) in [5.74, 6) is -1.55. The summed E-state index contributed by atoms with van der Waals surface area (Å²) in [6, 6.07) is 2.86. The van der Waals surface area contributed by atoms with Gasteiger partial charge in [-0.2, -0.15) is 0 Å². The van der Waals surface area contributed by atoms with E-state index in [1.54, 1.807) is 0 Å². The lowest BCUT2D eigenvalue weighted by molar-refractivity contribution is 0.0694. The molecular weight excluding hydrogens is 273 g/mol. The Hall–Kier alpha value is -0.980. The molecule has 0 amide bonds. The summed E-state index contributed by atoms with van der Waals surface area (Å²) in [5, 5.41) is 17.8. The van der Waals surface area contributed by atoms with E-state index < -0.39 is 5.97 Å². The van der Waals surface area contributed by atoms with Gasteiger partial charge in [0.1, 0.15) is 5.56 Å². The zero-order valence-electron chi connectivity index (χ0n) is 5.91. The summed E-state index contributed by atoms with van der Waals surface area (Å²) in [6.45, 7) is 0. The van der Waals surface area contributed by atoms with Crippen molar-refractivity contribution in [3.05, 3.63) is 21.3 Å². The Kier molecular flexibility index (Phi) is 2.41. The Morgan fingerprint density at radius 1 is 1.50 bits per heavy atom. The van der Waals surface area contributed by atoms with Crippen molar-refractivity contribution in [3.8, 4) is 5.75 Å². The predicted octanol–water partition coefficient (Wildman–Crippen LogP) is 1.28. The number of carboxylic acid groups (broad SMARTS) is 1. The highest BCUT2D eigenvalue weighted by Crippen LogP contribution is 2.27. The summed E-state index contributed by atoms with van der Waals surface area (Å²) in [7, 11) is 0. The van der Waals surface area contributed by atoms with Gasteiger partial charge in [-0.3, -0.25) is 0 Å². The van der Waals surface area contributed by atoms with Crippen LogP contribution in [0.4, 0.5) is 5.69 Å². The summed E-state index contributed by atoms with van der Waals surface area (Å²) in [4.78, 5) is 10.5.